The first-order valence-electron chi connectivity index (χ1n) is 8.68. The van der Waals surface area contributed by atoms with Crippen LogP contribution in [0.2, 0.25) is 0 Å². The van der Waals surface area contributed by atoms with Gasteiger partial charge >= 0.3 is 5.97 Å². The van der Waals surface area contributed by atoms with E-state index in [0.717, 1.165) is 12.8 Å². The molecule has 0 rings (SSSR count). The fourth-order valence-electron chi connectivity index (χ4n) is 2.24. The Balaban J connectivity index is 3.47. The maximum atomic E-state index is 11.7. The minimum atomic E-state index is -0.655. The molecule has 0 radical (unpaired) electrons. The van der Waals surface area contributed by atoms with Gasteiger partial charge in [0.2, 0.25) is 5.91 Å². The molecular weight excluding hydrogens is 282 g/mol. The second kappa shape index (κ2) is 14.8. The molecule has 5 nitrogen and oxygen atoms in total. The van der Waals surface area contributed by atoms with Crippen molar-refractivity contribution in [1.82, 2.24) is 5.32 Å². The number of nitrogens with one attached hydrogen (secondary N) is 1. The number of amides is 1. The van der Waals surface area contributed by atoms with Crippen molar-refractivity contribution in [2.24, 2.45) is 0 Å². The summed E-state index contributed by atoms with van der Waals surface area (Å²) in [5.74, 6) is -0.620. The summed E-state index contributed by atoms with van der Waals surface area (Å²) in [6, 6.07) is -0.655. The molecule has 0 heterocycles. The largest absolute Gasteiger partial charge is 0.462 e. The summed E-state index contributed by atoms with van der Waals surface area (Å²) in [4.78, 5) is 23.1. The number of rotatable bonds is 14. The quantitative estimate of drug-likeness (QED) is 0.382. The van der Waals surface area contributed by atoms with Crippen molar-refractivity contribution in [2.75, 3.05) is 13.2 Å². The Morgan fingerprint density at radius 2 is 1.55 bits per heavy atom. The van der Waals surface area contributed by atoms with Gasteiger partial charge < -0.3 is 15.2 Å². The van der Waals surface area contributed by atoms with Crippen LogP contribution in [-0.4, -0.2) is 36.2 Å². The summed E-state index contributed by atoms with van der Waals surface area (Å²) >= 11 is 0. The van der Waals surface area contributed by atoms with E-state index >= 15 is 0 Å². The molecule has 0 saturated heterocycles. The second-order valence-electron chi connectivity index (χ2n) is 5.76. The maximum absolute atomic E-state index is 11.7. The highest BCUT2D eigenvalue weighted by Gasteiger charge is 2.16. The zero-order chi connectivity index (χ0) is 16.6. The highest BCUT2D eigenvalue weighted by molar-refractivity contribution is 5.84. The van der Waals surface area contributed by atoms with E-state index in [-0.39, 0.29) is 19.1 Å². The Bertz CT molecular complexity index is 294. The molecule has 0 aromatic heterocycles. The lowest BCUT2D eigenvalue weighted by atomic mass is 10.1. The lowest BCUT2D eigenvalue weighted by Gasteiger charge is -2.12. The van der Waals surface area contributed by atoms with Crippen LogP contribution in [0, 0.1) is 0 Å². The maximum Gasteiger partial charge on any atom is 0.328 e. The fraction of sp³-hybridized carbons (Fsp3) is 0.882. The predicted octanol–water partition coefficient (Wildman–Crippen LogP) is 2.95. The van der Waals surface area contributed by atoms with Gasteiger partial charge in [-0.05, 0) is 13.3 Å². The minimum absolute atomic E-state index is 0.0305. The highest BCUT2D eigenvalue weighted by atomic mass is 16.5. The smallest absolute Gasteiger partial charge is 0.328 e. The SMILES string of the molecule is CCCCCCCCCCCC(=O)N[C@@H](C)C(=O)OCCO. The molecule has 1 amide bonds. The van der Waals surface area contributed by atoms with Crippen molar-refractivity contribution >= 4 is 11.9 Å². The molecular formula is C17H33NO4. The van der Waals surface area contributed by atoms with Crippen LogP contribution in [0.5, 0.6) is 0 Å². The van der Waals surface area contributed by atoms with Crippen molar-refractivity contribution in [1.29, 1.82) is 0 Å². The lowest BCUT2D eigenvalue weighted by Crippen LogP contribution is -2.39. The van der Waals surface area contributed by atoms with Gasteiger partial charge in [-0.3, -0.25) is 4.79 Å². The molecule has 0 fully saturated rings. The summed E-state index contributed by atoms with van der Waals surface area (Å²) in [5, 5.41) is 11.2. The van der Waals surface area contributed by atoms with Gasteiger partial charge in [-0.25, -0.2) is 4.79 Å². The Hall–Kier alpha value is -1.10. The molecule has 5 heteroatoms. The third kappa shape index (κ3) is 12.6. The third-order valence-corrected chi connectivity index (χ3v) is 3.57. The van der Waals surface area contributed by atoms with Crippen LogP contribution >= 0.6 is 0 Å². The molecule has 0 unspecified atom stereocenters. The van der Waals surface area contributed by atoms with Crippen molar-refractivity contribution in [3.05, 3.63) is 0 Å². The zero-order valence-corrected chi connectivity index (χ0v) is 14.2. The van der Waals surface area contributed by atoms with Crippen molar-refractivity contribution in [2.45, 2.75) is 84.1 Å². The van der Waals surface area contributed by atoms with Crippen molar-refractivity contribution in [3.8, 4) is 0 Å². The average Bonchev–Trinajstić information content (AvgIpc) is 2.50. The van der Waals surface area contributed by atoms with E-state index in [2.05, 4.69) is 12.2 Å². The Labute approximate surface area is 134 Å². The van der Waals surface area contributed by atoms with Gasteiger partial charge in [0, 0.05) is 6.42 Å². The van der Waals surface area contributed by atoms with Crippen LogP contribution < -0.4 is 5.32 Å². The number of aliphatic hydroxyl groups is 1. The van der Waals surface area contributed by atoms with Crippen LogP contribution in [0.4, 0.5) is 0 Å². The average molecular weight is 315 g/mol. The fourth-order valence-corrected chi connectivity index (χ4v) is 2.24. The number of hydrogen-bond acceptors (Lipinski definition) is 4. The lowest BCUT2D eigenvalue weighted by molar-refractivity contribution is -0.148. The van der Waals surface area contributed by atoms with E-state index in [1.807, 2.05) is 0 Å². The van der Waals surface area contributed by atoms with E-state index in [9.17, 15) is 9.59 Å². The van der Waals surface area contributed by atoms with Crippen LogP contribution in [0.15, 0.2) is 0 Å². The Morgan fingerprint density at radius 1 is 1.00 bits per heavy atom. The van der Waals surface area contributed by atoms with Crippen LogP contribution in [-0.2, 0) is 14.3 Å². The van der Waals surface area contributed by atoms with Gasteiger partial charge in [0.05, 0.1) is 6.61 Å². The van der Waals surface area contributed by atoms with E-state index in [0.29, 0.717) is 6.42 Å². The topological polar surface area (TPSA) is 75.6 Å². The number of ether oxygens (including phenoxy) is 1. The van der Waals surface area contributed by atoms with Crippen molar-refractivity contribution in [3.63, 3.8) is 0 Å². The first kappa shape index (κ1) is 20.9. The van der Waals surface area contributed by atoms with Gasteiger partial charge in [0.25, 0.3) is 0 Å². The molecule has 130 valence electrons. The van der Waals surface area contributed by atoms with E-state index in [4.69, 9.17) is 9.84 Å². The number of aliphatic hydroxyl groups excluding tert-OH is 1. The highest BCUT2D eigenvalue weighted by Crippen LogP contribution is 2.10. The second-order valence-corrected chi connectivity index (χ2v) is 5.76. The van der Waals surface area contributed by atoms with E-state index in [1.54, 1.807) is 6.92 Å². The summed E-state index contributed by atoms with van der Waals surface area (Å²) < 4.78 is 4.75. The molecule has 0 saturated carbocycles. The molecule has 0 bridgehead atoms. The summed E-state index contributed by atoms with van der Waals surface area (Å²) in [7, 11) is 0. The molecule has 0 spiro atoms. The third-order valence-electron chi connectivity index (χ3n) is 3.57. The van der Waals surface area contributed by atoms with Crippen LogP contribution in [0.1, 0.15) is 78.1 Å². The zero-order valence-electron chi connectivity index (χ0n) is 14.2. The molecule has 0 aliphatic rings. The van der Waals surface area contributed by atoms with E-state index in [1.165, 1.54) is 44.9 Å². The number of carbonyl (C=O) groups excluding carboxylic acids is 2. The number of esters is 1. The predicted molar refractivity (Wildman–Crippen MR) is 87.5 cm³/mol. The van der Waals surface area contributed by atoms with Gasteiger partial charge in [-0.2, -0.15) is 0 Å². The molecule has 22 heavy (non-hydrogen) atoms. The number of carbonyl (C=O) groups is 2. The first-order valence-corrected chi connectivity index (χ1v) is 8.68. The summed E-state index contributed by atoms with van der Waals surface area (Å²) in [5.41, 5.74) is 0. The van der Waals surface area contributed by atoms with Gasteiger partial charge in [0.1, 0.15) is 12.6 Å². The minimum Gasteiger partial charge on any atom is -0.462 e. The van der Waals surface area contributed by atoms with Gasteiger partial charge in [-0.15, -0.1) is 0 Å². The molecule has 0 aliphatic heterocycles. The summed E-state index contributed by atoms with van der Waals surface area (Å²) in [6.07, 6.45) is 11.4. The summed E-state index contributed by atoms with van der Waals surface area (Å²) in [6.45, 7) is 3.58. The Morgan fingerprint density at radius 3 is 2.09 bits per heavy atom. The normalized spacial score (nSPS) is 12.0. The van der Waals surface area contributed by atoms with Crippen molar-refractivity contribution < 1.29 is 19.4 Å². The monoisotopic (exact) mass is 315 g/mol. The molecule has 0 aromatic carbocycles. The molecule has 2 N–H and O–H groups in total. The molecule has 1 atom stereocenters. The van der Waals surface area contributed by atoms with E-state index < -0.39 is 12.0 Å². The molecule has 0 aromatic rings. The van der Waals surface area contributed by atoms with Crippen LogP contribution in [0.25, 0.3) is 0 Å². The standard InChI is InChI=1S/C17H33NO4/c1-3-4-5-6-7-8-9-10-11-12-16(20)18-15(2)17(21)22-14-13-19/h15,19H,3-14H2,1-2H3,(H,18,20)/t15-/m0/s1. The number of unbranched alkanes of at least 4 members (excludes halogenated alkanes) is 8. The number of hydrogen-bond donors (Lipinski definition) is 2. The molecule has 0 aliphatic carbocycles. The van der Waals surface area contributed by atoms with Gasteiger partial charge in [0.15, 0.2) is 0 Å². The van der Waals surface area contributed by atoms with Crippen LogP contribution in [0.3, 0.4) is 0 Å². The Kier molecular flexibility index (Phi) is 14.1. The first-order chi connectivity index (χ1) is 10.6. The van der Waals surface area contributed by atoms with Gasteiger partial charge in [-0.1, -0.05) is 58.3 Å².